The summed E-state index contributed by atoms with van der Waals surface area (Å²) in [4.78, 5) is 0. The molecule has 0 saturated carbocycles. The van der Waals surface area contributed by atoms with Crippen molar-refractivity contribution in [2.45, 2.75) is 6.61 Å². The molecule has 0 amide bonds. The van der Waals surface area contributed by atoms with Gasteiger partial charge in [0.05, 0.1) is 18.8 Å². The van der Waals surface area contributed by atoms with Gasteiger partial charge < -0.3 is 9.47 Å². The summed E-state index contributed by atoms with van der Waals surface area (Å²) >= 11 is 5.80. The molecule has 0 radical (unpaired) electrons. The van der Waals surface area contributed by atoms with Gasteiger partial charge in [0.2, 0.25) is 0 Å². The van der Waals surface area contributed by atoms with E-state index in [1.165, 1.54) is 0 Å². The Morgan fingerprint density at radius 3 is 2.50 bits per heavy atom. The van der Waals surface area contributed by atoms with Gasteiger partial charge in [-0.25, -0.2) is 0 Å². The Hall–Kier alpha value is -2.02. The molecule has 0 saturated heterocycles. The zero-order valence-corrected chi connectivity index (χ0v) is 11.6. The van der Waals surface area contributed by atoms with E-state index in [1.807, 2.05) is 36.4 Å². The predicted molar refractivity (Wildman–Crippen MR) is 77.8 cm³/mol. The number of rotatable bonds is 6. The van der Waals surface area contributed by atoms with Crippen molar-refractivity contribution in [2.75, 3.05) is 13.2 Å². The van der Waals surface area contributed by atoms with Crippen LogP contribution in [0.5, 0.6) is 5.75 Å². The van der Waals surface area contributed by atoms with E-state index >= 15 is 0 Å². The van der Waals surface area contributed by atoms with E-state index in [1.54, 1.807) is 12.1 Å². The van der Waals surface area contributed by atoms with E-state index in [-0.39, 0.29) is 0 Å². The molecule has 0 heterocycles. The summed E-state index contributed by atoms with van der Waals surface area (Å²) < 4.78 is 11.0. The average Bonchev–Trinajstić information content (AvgIpc) is 2.49. The molecule has 3 nitrogen and oxygen atoms in total. The van der Waals surface area contributed by atoms with E-state index in [0.29, 0.717) is 36.2 Å². The van der Waals surface area contributed by atoms with Crippen molar-refractivity contribution < 1.29 is 9.47 Å². The summed E-state index contributed by atoms with van der Waals surface area (Å²) in [7, 11) is 0. The lowest BCUT2D eigenvalue weighted by molar-refractivity contribution is 0.0888. The van der Waals surface area contributed by atoms with Crippen LogP contribution < -0.4 is 4.74 Å². The van der Waals surface area contributed by atoms with Crippen LogP contribution in [0, 0.1) is 11.3 Å². The summed E-state index contributed by atoms with van der Waals surface area (Å²) in [6, 6.07) is 16.8. The Labute approximate surface area is 123 Å². The lowest BCUT2D eigenvalue weighted by Gasteiger charge is -2.08. The minimum atomic E-state index is 0.409. The normalized spacial score (nSPS) is 10.0. The molecule has 2 aromatic carbocycles. The van der Waals surface area contributed by atoms with Gasteiger partial charge in [0.1, 0.15) is 18.4 Å². The first-order valence-electron chi connectivity index (χ1n) is 6.24. The third-order valence-corrected chi connectivity index (χ3v) is 2.93. The summed E-state index contributed by atoms with van der Waals surface area (Å²) in [5.41, 5.74) is 1.59. The number of nitriles is 1. The molecule has 0 aliphatic carbocycles. The van der Waals surface area contributed by atoms with Crippen molar-refractivity contribution in [1.29, 1.82) is 5.26 Å². The van der Waals surface area contributed by atoms with Gasteiger partial charge in [-0.15, -0.1) is 0 Å². The Balaban J connectivity index is 1.72. The van der Waals surface area contributed by atoms with E-state index in [2.05, 4.69) is 6.07 Å². The van der Waals surface area contributed by atoms with Crippen molar-refractivity contribution in [2.24, 2.45) is 0 Å². The first-order chi connectivity index (χ1) is 9.79. The standard InChI is InChI=1S/C16H14ClNO2/c17-15-7-5-13(6-8-15)12-19-9-10-20-16-4-2-1-3-14(16)11-18/h1-8H,9-10,12H2. The van der Waals surface area contributed by atoms with Gasteiger partial charge in [-0.1, -0.05) is 35.9 Å². The second-order valence-corrected chi connectivity index (χ2v) is 4.57. The molecule has 4 heteroatoms. The summed E-state index contributed by atoms with van der Waals surface area (Å²) in [6.07, 6.45) is 0. The van der Waals surface area contributed by atoms with Gasteiger partial charge in [-0.3, -0.25) is 0 Å². The Morgan fingerprint density at radius 1 is 1.00 bits per heavy atom. The lowest BCUT2D eigenvalue weighted by Crippen LogP contribution is -2.07. The van der Waals surface area contributed by atoms with Crippen LogP contribution in [0.2, 0.25) is 5.02 Å². The van der Waals surface area contributed by atoms with Crippen molar-refractivity contribution >= 4 is 11.6 Å². The van der Waals surface area contributed by atoms with E-state index in [0.717, 1.165) is 5.56 Å². The molecule has 0 unspecified atom stereocenters. The zero-order chi connectivity index (χ0) is 14.2. The van der Waals surface area contributed by atoms with E-state index in [9.17, 15) is 0 Å². The molecule has 20 heavy (non-hydrogen) atoms. The van der Waals surface area contributed by atoms with Crippen LogP contribution in [0.3, 0.4) is 0 Å². The van der Waals surface area contributed by atoms with Crippen LogP contribution in [0.15, 0.2) is 48.5 Å². The van der Waals surface area contributed by atoms with Crippen LogP contribution in [-0.2, 0) is 11.3 Å². The molecular weight excluding hydrogens is 274 g/mol. The quantitative estimate of drug-likeness (QED) is 0.759. The smallest absolute Gasteiger partial charge is 0.137 e. The fourth-order valence-corrected chi connectivity index (χ4v) is 1.79. The van der Waals surface area contributed by atoms with Crippen LogP contribution in [0.1, 0.15) is 11.1 Å². The van der Waals surface area contributed by atoms with Crippen molar-refractivity contribution in [3.63, 3.8) is 0 Å². The molecule has 0 aromatic heterocycles. The third kappa shape index (κ3) is 4.27. The zero-order valence-electron chi connectivity index (χ0n) is 10.9. The molecule has 2 aromatic rings. The fourth-order valence-electron chi connectivity index (χ4n) is 1.67. The van der Waals surface area contributed by atoms with Crippen LogP contribution in [-0.4, -0.2) is 13.2 Å². The highest BCUT2D eigenvalue weighted by Gasteiger charge is 2.01. The fraction of sp³-hybridized carbons (Fsp3) is 0.188. The highest BCUT2D eigenvalue weighted by Crippen LogP contribution is 2.16. The predicted octanol–water partition coefficient (Wildman–Crippen LogP) is 3.81. The first kappa shape index (κ1) is 14.4. The van der Waals surface area contributed by atoms with E-state index < -0.39 is 0 Å². The molecular formula is C16H14ClNO2. The van der Waals surface area contributed by atoms with Crippen molar-refractivity contribution in [3.8, 4) is 11.8 Å². The molecule has 0 aliphatic rings. The molecule has 2 rings (SSSR count). The number of hydrogen-bond acceptors (Lipinski definition) is 3. The second-order valence-electron chi connectivity index (χ2n) is 4.14. The monoisotopic (exact) mass is 287 g/mol. The minimum Gasteiger partial charge on any atom is -0.490 e. The van der Waals surface area contributed by atoms with Gasteiger partial charge in [0, 0.05) is 5.02 Å². The molecule has 0 aliphatic heterocycles. The number of hydrogen-bond donors (Lipinski definition) is 0. The highest BCUT2D eigenvalue weighted by atomic mass is 35.5. The number of nitrogens with zero attached hydrogens (tertiary/aromatic N) is 1. The Bertz CT molecular complexity index is 590. The van der Waals surface area contributed by atoms with Gasteiger partial charge in [-0.05, 0) is 29.8 Å². The molecule has 0 spiro atoms. The molecule has 0 N–H and O–H groups in total. The average molecular weight is 288 g/mol. The molecule has 0 atom stereocenters. The highest BCUT2D eigenvalue weighted by molar-refractivity contribution is 6.30. The summed E-state index contributed by atoms with van der Waals surface area (Å²) in [5.74, 6) is 0.588. The number of halogens is 1. The molecule has 102 valence electrons. The number of ether oxygens (including phenoxy) is 2. The maximum atomic E-state index is 8.92. The van der Waals surface area contributed by atoms with Gasteiger partial charge >= 0.3 is 0 Å². The van der Waals surface area contributed by atoms with Crippen molar-refractivity contribution in [3.05, 3.63) is 64.7 Å². The maximum Gasteiger partial charge on any atom is 0.137 e. The molecule has 0 bridgehead atoms. The van der Waals surface area contributed by atoms with Crippen LogP contribution >= 0.6 is 11.6 Å². The lowest BCUT2D eigenvalue weighted by atomic mass is 10.2. The summed E-state index contributed by atoms with van der Waals surface area (Å²) in [5, 5.41) is 9.63. The Kier molecular flexibility index (Phi) is 5.43. The number of benzene rings is 2. The SMILES string of the molecule is N#Cc1ccccc1OCCOCc1ccc(Cl)cc1. The second kappa shape index (κ2) is 7.54. The Morgan fingerprint density at radius 2 is 1.75 bits per heavy atom. The topological polar surface area (TPSA) is 42.2 Å². The van der Waals surface area contributed by atoms with Crippen LogP contribution in [0.4, 0.5) is 0 Å². The first-order valence-corrected chi connectivity index (χ1v) is 6.61. The maximum absolute atomic E-state index is 8.92. The number of para-hydroxylation sites is 1. The van der Waals surface area contributed by atoms with Crippen LogP contribution in [0.25, 0.3) is 0 Å². The van der Waals surface area contributed by atoms with Gasteiger partial charge in [-0.2, -0.15) is 5.26 Å². The largest absolute Gasteiger partial charge is 0.490 e. The van der Waals surface area contributed by atoms with E-state index in [4.69, 9.17) is 26.3 Å². The van der Waals surface area contributed by atoms with Gasteiger partial charge in [0.15, 0.2) is 0 Å². The third-order valence-electron chi connectivity index (χ3n) is 2.67. The van der Waals surface area contributed by atoms with Gasteiger partial charge in [0.25, 0.3) is 0 Å². The van der Waals surface area contributed by atoms with Crippen molar-refractivity contribution in [1.82, 2.24) is 0 Å². The summed E-state index contributed by atoms with van der Waals surface area (Å²) in [6.45, 7) is 1.38. The molecule has 0 fully saturated rings. The minimum absolute atomic E-state index is 0.409.